The third-order valence-electron chi connectivity index (χ3n) is 2.53. The number of nitrogens with zero attached hydrogens (tertiary/aromatic N) is 1. The predicted octanol–water partition coefficient (Wildman–Crippen LogP) is 1.46. The maximum Gasteiger partial charge on any atom is 0.265 e. The standard InChI is InChI=1S/C14H19N3O/c1-3-9-17(10-4-2)11-12-5-7-13(8-6-12)14(18)16-15/h3-8H,1-2,9-11,15H2,(H,16,18). The van der Waals surface area contributed by atoms with Gasteiger partial charge in [0.05, 0.1) is 0 Å². The van der Waals surface area contributed by atoms with Gasteiger partial charge in [0.1, 0.15) is 0 Å². The zero-order chi connectivity index (χ0) is 13.4. The highest BCUT2D eigenvalue weighted by molar-refractivity contribution is 5.93. The van der Waals surface area contributed by atoms with Crippen molar-refractivity contribution in [3.63, 3.8) is 0 Å². The maximum atomic E-state index is 11.3. The quantitative estimate of drug-likeness (QED) is 0.331. The van der Waals surface area contributed by atoms with Crippen LogP contribution in [0, 0.1) is 0 Å². The van der Waals surface area contributed by atoms with Crippen molar-refractivity contribution in [2.24, 2.45) is 5.84 Å². The minimum Gasteiger partial charge on any atom is -0.292 e. The van der Waals surface area contributed by atoms with Crippen LogP contribution < -0.4 is 11.3 Å². The van der Waals surface area contributed by atoms with Crippen molar-refractivity contribution in [1.82, 2.24) is 10.3 Å². The Labute approximate surface area is 108 Å². The van der Waals surface area contributed by atoms with Gasteiger partial charge >= 0.3 is 0 Å². The van der Waals surface area contributed by atoms with E-state index in [2.05, 4.69) is 23.5 Å². The number of nitrogens with two attached hydrogens (primary N) is 1. The van der Waals surface area contributed by atoms with Crippen LogP contribution in [-0.4, -0.2) is 23.9 Å². The first-order chi connectivity index (χ1) is 8.71. The highest BCUT2D eigenvalue weighted by atomic mass is 16.2. The molecule has 0 saturated carbocycles. The highest BCUT2D eigenvalue weighted by Gasteiger charge is 2.05. The molecule has 1 rings (SSSR count). The van der Waals surface area contributed by atoms with E-state index in [4.69, 9.17) is 5.84 Å². The van der Waals surface area contributed by atoms with Crippen molar-refractivity contribution in [2.75, 3.05) is 13.1 Å². The minimum absolute atomic E-state index is 0.282. The van der Waals surface area contributed by atoms with Gasteiger partial charge in [0.2, 0.25) is 0 Å². The van der Waals surface area contributed by atoms with Crippen molar-refractivity contribution >= 4 is 5.91 Å². The van der Waals surface area contributed by atoms with Gasteiger partial charge in [0, 0.05) is 25.2 Å². The van der Waals surface area contributed by atoms with Crippen molar-refractivity contribution in [1.29, 1.82) is 0 Å². The van der Waals surface area contributed by atoms with Crippen molar-refractivity contribution < 1.29 is 4.79 Å². The lowest BCUT2D eigenvalue weighted by molar-refractivity contribution is 0.0953. The molecule has 1 aromatic carbocycles. The maximum absolute atomic E-state index is 11.3. The van der Waals surface area contributed by atoms with Gasteiger partial charge in [-0.1, -0.05) is 24.3 Å². The number of hydrazine groups is 1. The zero-order valence-corrected chi connectivity index (χ0v) is 10.4. The van der Waals surface area contributed by atoms with Crippen LogP contribution in [0.5, 0.6) is 0 Å². The number of carbonyl (C=O) groups is 1. The molecule has 4 heteroatoms. The summed E-state index contributed by atoms with van der Waals surface area (Å²) in [5, 5.41) is 0. The average molecular weight is 245 g/mol. The molecule has 0 saturated heterocycles. The molecule has 0 aromatic heterocycles. The summed E-state index contributed by atoms with van der Waals surface area (Å²) in [6.45, 7) is 9.86. The second kappa shape index (κ2) is 7.42. The van der Waals surface area contributed by atoms with Gasteiger partial charge in [-0.2, -0.15) is 0 Å². The lowest BCUT2D eigenvalue weighted by Gasteiger charge is -2.18. The highest BCUT2D eigenvalue weighted by Crippen LogP contribution is 2.07. The molecular formula is C14H19N3O. The molecule has 1 aromatic rings. The summed E-state index contributed by atoms with van der Waals surface area (Å²) in [6.07, 6.45) is 3.72. The summed E-state index contributed by atoms with van der Waals surface area (Å²) < 4.78 is 0. The lowest BCUT2D eigenvalue weighted by Crippen LogP contribution is -2.30. The van der Waals surface area contributed by atoms with Gasteiger partial charge in [-0.25, -0.2) is 5.84 Å². The fourth-order valence-electron chi connectivity index (χ4n) is 1.67. The largest absolute Gasteiger partial charge is 0.292 e. The summed E-state index contributed by atoms with van der Waals surface area (Å²) >= 11 is 0. The Morgan fingerprint density at radius 3 is 2.22 bits per heavy atom. The third kappa shape index (κ3) is 4.16. The predicted molar refractivity (Wildman–Crippen MR) is 73.8 cm³/mol. The van der Waals surface area contributed by atoms with Gasteiger partial charge < -0.3 is 0 Å². The van der Waals surface area contributed by atoms with Crippen LogP contribution in [-0.2, 0) is 6.54 Å². The molecule has 3 N–H and O–H groups in total. The number of nitrogens with one attached hydrogen (secondary N) is 1. The van der Waals surface area contributed by atoms with E-state index in [0.717, 1.165) is 25.2 Å². The SMILES string of the molecule is C=CCN(CC=C)Cc1ccc(C(=O)NN)cc1. The first kappa shape index (κ1) is 14.2. The van der Waals surface area contributed by atoms with E-state index < -0.39 is 0 Å². The van der Waals surface area contributed by atoms with Crippen LogP contribution in [0.15, 0.2) is 49.6 Å². The lowest BCUT2D eigenvalue weighted by atomic mass is 10.1. The molecule has 4 nitrogen and oxygen atoms in total. The van der Waals surface area contributed by atoms with Crippen molar-refractivity contribution in [3.05, 3.63) is 60.7 Å². The molecule has 0 atom stereocenters. The Morgan fingerprint density at radius 1 is 1.22 bits per heavy atom. The molecule has 0 heterocycles. The summed E-state index contributed by atoms with van der Waals surface area (Å²) in [4.78, 5) is 13.5. The van der Waals surface area contributed by atoms with E-state index in [1.54, 1.807) is 12.1 Å². The molecule has 1 amide bonds. The molecule has 0 fully saturated rings. The van der Waals surface area contributed by atoms with E-state index in [-0.39, 0.29) is 5.91 Å². The molecule has 0 bridgehead atoms. The fraction of sp³-hybridized carbons (Fsp3) is 0.214. The molecule has 96 valence electrons. The second-order valence-corrected chi connectivity index (χ2v) is 3.94. The van der Waals surface area contributed by atoms with E-state index in [1.807, 2.05) is 24.3 Å². The molecule has 18 heavy (non-hydrogen) atoms. The van der Waals surface area contributed by atoms with Gasteiger partial charge in [0.25, 0.3) is 5.91 Å². The smallest absolute Gasteiger partial charge is 0.265 e. The van der Waals surface area contributed by atoms with Crippen molar-refractivity contribution in [3.8, 4) is 0 Å². The van der Waals surface area contributed by atoms with Crippen LogP contribution >= 0.6 is 0 Å². The molecule has 0 aliphatic carbocycles. The van der Waals surface area contributed by atoms with Crippen molar-refractivity contribution in [2.45, 2.75) is 6.54 Å². The van der Waals surface area contributed by atoms with Crippen LogP contribution in [0.25, 0.3) is 0 Å². The van der Waals surface area contributed by atoms with Crippen LogP contribution in [0.1, 0.15) is 15.9 Å². The van der Waals surface area contributed by atoms with E-state index in [9.17, 15) is 4.79 Å². The molecule has 0 radical (unpaired) electrons. The number of carbonyl (C=O) groups excluding carboxylic acids is 1. The second-order valence-electron chi connectivity index (χ2n) is 3.94. The van der Waals surface area contributed by atoms with Crippen LogP contribution in [0.2, 0.25) is 0 Å². The average Bonchev–Trinajstić information content (AvgIpc) is 2.39. The van der Waals surface area contributed by atoms with Crippen LogP contribution in [0.3, 0.4) is 0 Å². The molecule has 0 aliphatic rings. The molecule has 0 unspecified atom stereocenters. The Kier molecular flexibility index (Phi) is 5.84. The monoisotopic (exact) mass is 245 g/mol. The van der Waals surface area contributed by atoms with E-state index in [0.29, 0.717) is 5.56 Å². The summed E-state index contributed by atoms with van der Waals surface area (Å²) in [5.41, 5.74) is 3.79. The Morgan fingerprint density at radius 2 is 1.78 bits per heavy atom. The molecule has 0 aliphatic heterocycles. The third-order valence-corrected chi connectivity index (χ3v) is 2.53. The number of amides is 1. The zero-order valence-electron chi connectivity index (χ0n) is 10.4. The molecular weight excluding hydrogens is 226 g/mol. The Hall–Kier alpha value is -1.91. The van der Waals surface area contributed by atoms with E-state index in [1.165, 1.54) is 0 Å². The Balaban J connectivity index is 2.69. The normalized spacial score (nSPS) is 10.1. The van der Waals surface area contributed by atoms with Gasteiger partial charge in [-0.3, -0.25) is 15.1 Å². The number of nitrogen functional groups attached to an aromatic ring is 1. The first-order valence-corrected chi connectivity index (χ1v) is 5.75. The fourth-order valence-corrected chi connectivity index (χ4v) is 1.67. The summed E-state index contributed by atoms with van der Waals surface area (Å²) in [5.74, 6) is 4.79. The van der Waals surface area contributed by atoms with E-state index >= 15 is 0 Å². The number of rotatable bonds is 7. The molecule has 0 spiro atoms. The number of benzene rings is 1. The summed E-state index contributed by atoms with van der Waals surface area (Å²) in [6, 6.07) is 7.36. The Bertz CT molecular complexity index is 402. The van der Waals surface area contributed by atoms with Gasteiger partial charge in [-0.05, 0) is 17.7 Å². The summed E-state index contributed by atoms with van der Waals surface area (Å²) in [7, 11) is 0. The minimum atomic E-state index is -0.282. The first-order valence-electron chi connectivity index (χ1n) is 5.75. The van der Waals surface area contributed by atoms with Gasteiger partial charge in [0.15, 0.2) is 0 Å². The topological polar surface area (TPSA) is 58.4 Å². The number of hydrogen-bond acceptors (Lipinski definition) is 3. The van der Waals surface area contributed by atoms with Crippen LogP contribution in [0.4, 0.5) is 0 Å². The van der Waals surface area contributed by atoms with Gasteiger partial charge in [-0.15, -0.1) is 13.2 Å². The number of hydrogen-bond donors (Lipinski definition) is 2.